The second-order valence-electron chi connectivity index (χ2n) is 19.6. The summed E-state index contributed by atoms with van der Waals surface area (Å²) in [7, 11) is 7.11. The highest BCUT2D eigenvalue weighted by atomic mass is 16.7. The summed E-state index contributed by atoms with van der Waals surface area (Å²) in [4.78, 5) is 36.1. The second-order valence-corrected chi connectivity index (χ2v) is 19.6. The van der Waals surface area contributed by atoms with Gasteiger partial charge in [0.15, 0.2) is 18.7 Å². The van der Waals surface area contributed by atoms with E-state index in [2.05, 4.69) is 10.3 Å². The lowest BCUT2D eigenvalue weighted by Gasteiger charge is -2.48. The Bertz CT molecular complexity index is 1590. The van der Waals surface area contributed by atoms with Crippen molar-refractivity contribution in [2.45, 2.75) is 192 Å². The molecule has 0 unspecified atom stereocenters. The van der Waals surface area contributed by atoms with Crippen LogP contribution < -0.4 is 5.32 Å². The molecule has 4 rings (SSSR count). The van der Waals surface area contributed by atoms with Gasteiger partial charge in [0.1, 0.15) is 23.9 Å². The predicted molar refractivity (Wildman–Crippen MR) is 234 cm³/mol. The molecule has 63 heavy (non-hydrogen) atoms. The number of ether oxygens (including phenoxy) is 7. The van der Waals surface area contributed by atoms with Gasteiger partial charge in [-0.3, -0.25) is 14.7 Å². The molecule has 0 radical (unpaired) electrons. The molecule has 17 nitrogen and oxygen atoms in total. The quantitative estimate of drug-likeness (QED) is 0.202. The third-order valence-corrected chi connectivity index (χ3v) is 13.8. The molecule has 18 atom stereocenters. The highest BCUT2D eigenvalue weighted by Gasteiger charge is 2.53. The first-order valence-corrected chi connectivity index (χ1v) is 22.7. The maximum absolute atomic E-state index is 14.7. The van der Waals surface area contributed by atoms with Crippen LogP contribution in [0.25, 0.3) is 0 Å². The zero-order valence-electron chi connectivity index (χ0n) is 40.2. The molecule has 3 aliphatic rings. The van der Waals surface area contributed by atoms with E-state index >= 15 is 0 Å². The summed E-state index contributed by atoms with van der Waals surface area (Å²) in [6.45, 7) is 18.3. The van der Waals surface area contributed by atoms with Crippen molar-refractivity contribution in [1.82, 2.24) is 20.1 Å². The minimum absolute atomic E-state index is 0.102. The van der Waals surface area contributed by atoms with E-state index in [-0.39, 0.29) is 43.9 Å². The average Bonchev–Trinajstić information content (AvgIpc) is 3.21. The molecule has 3 fully saturated rings. The van der Waals surface area contributed by atoms with Gasteiger partial charge in [-0.15, -0.1) is 0 Å². The van der Waals surface area contributed by atoms with Crippen LogP contribution in [0.2, 0.25) is 0 Å². The number of hydrogen-bond acceptors (Lipinski definition) is 16. The van der Waals surface area contributed by atoms with Gasteiger partial charge in [-0.05, 0) is 113 Å². The van der Waals surface area contributed by atoms with Crippen LogP contribution in [-0.4, -0.2) is 179 Å². The van der Waals surface area contributed by atoms with E-state index in [1.165, 1.54) is 14.0 Å². The van der Waals surface area contributed by atoms with Crippen molar-refractivity contribution in [3.8, 4) is 0 Å². The topological polar surface area (TPSA) is 211 Å². The van der Waals surface area contributed by atoms with Gasteiger partial charge in [0, 0.05) is 57.0 Å². The van der Waals surface area contributed by atoms with Crippen LogP contribution in [0.3, 0.4) is 0 Å². The molecule has 0 saturated carbocycles. The van der Waals surface area contributed by atoms with E-state index in [0.29, 0.717) is 19.4 Å². The Kier molecular flexibility index (Phi) is 18.8. The van der Waals surface area contributed by atoms with E-state index in [9.17, 15) is 30.0 Å². The molecule has 3 aliphatic heterocycles. The van der Waals surface area contributed by atoms with E-state index in [4.69, 9.17) is 33.2 Å². The third kappa shape index (κ3) is 13.1. The lowest BCUT2D eigenvalue weighted by molar-refractivity contribution is -0.318. The normalized spacial score (nSPS) is 42.8. The molecule has 1 amide bonds. The van der Waals surface area contributed by atoms with Gasteiger partial charge >= 0.3 is 12.1 Å². The number of nitrogens with zero attached hydrogens (tertiary/aromatic N) is 3. The number of carbonyl (C=O) groups is 2. The number of hydrogen-bond donors (Lipinski definition) is 5. The van der Waals surface area contributed by atoms with Crippen LogP contribution in [0.15, 0.2) is 24.5 Å². The van der Waals surface area contributed by atoms with Gasteiger partial charge in [0.25, 0.3) is 0 Å². The van der Waals surface area contributed by atoms with E-state index in [1.807, 2.05) is 70.8 Å². The van der Waals surface area contributed by atoms with Crippen molar-refractivity contribution in [2.24, 2.45) is 17.8 Å². The third-order valence-electron chi connectivity index (χ3n) is 13.8. The molecule has 362 valence electrons. The Balaban J connectivity index is 1.78. The summed E-state index contributed by atoms with van der Waals surface area (Å²) in [6, 6.07) is 2.81. The minimum Gasteiger partial charge on any atom is -0.459 e. The van der Waals surface area contributed by atoms with Gasteiger partial charge in [-0.25, -0.2) is 4.79 Å². The molecule has 0 aromatic carbocycles. The first-order chi connectivity index (χ1) is 29.4. The van der Waals surface area contributed by atoms with Gasteiger partial charge in [-0.2, -0.15) is 0 Å². The molecule has 4 heterocycles. The van der Waals surface area contributed by atoms with Crippen molar-refractivity contribution in [2.75, 3.05) is 41.3 Å². The lowest BCUT2D eigenvalue weighted by atomic mass is 9.77. The Morgan fingerprint density at radius 1 is 1.03 bits per heavy atom. The number of rotatable bonds is 11. The number of carbonyl (C=O) groups excluding carboxylic acids is 2. The highest BCUT2D eigenvalue weighted by Crippen LogP contribution is 2.40. The van der Waals surface area contributed by atoms with Crippen LogP contribution in [0.4, 0.5) is 4.79 Å². The zero-order valence-corrected chi connectivity index (χ0v) is 40.2. The first kappa shape index (κ1) is 53.1. The number of alkyl carbamates (subject to hydrolysis) is 1. The van der Waals surface area contributed by atoms with Crippen molar-refractivity contribution < 1.29 is 63.2 Å². The fourth-order valence-corrected chi connectivity index (χ4v) is 9.95. The fraction of sp³-hybridized carbons (Fsp3) is 0.848. The maximum Gasteiger partial charge on any atom is 0.407 e. The molecule has 0 bridgehead atoms. The summed E-state index contributed by atoms with van der Waals surface area (Å²) in [5, 5.41) is 50.8. The number of methoxy groups -OCH3 is 1. The number of nitrogens with one attached hydrogen (secondary N) is 1. The Morgan fingerprint density at radius 3 is 2.32 bits per heavy atom. The Labute approximate surface area is 375 Å². The second kappa shape index (κ2) is 22.3. The summed E-state index contributed by atoms with van der Waals surface area (Å²) in [5.41, 5.74) is -3.64. The van der Waals surface area contributed by atoms with Crippen molar-refractivity contribution in [1.29, 1.82) is 0 Å². The summed E-state index contributed by atoms with van der Waals surface area (Å²) >= 11 is 0. The standard InChI is InChI=1S/C46H80N4O13/c1-15-34-46(10,56)40(63-43(54)48-20-18-32-17-16-19-47-24-32)30(6)50(13)25-26(2)22-44(8,55)39(62-42-36(51)33(49(11)12)21-27(3)58-42)28(4)37(29(5)41(53)60-34)61-35-23-45(9,57-14)38(52)31(7)59-35/h16-17,19,24,26-31,33-40,42,51-52,55-56H,15,18,20-23,25H2,1-14H3,(H,48,54)/t26-,27-,28+,29-,30-,31+,33+,34-,35+,36-,37+,38+,39-,40-,42+,44-,45-,46-/m1/s1. The predicted octanol–water partition coefficient (Wildman–Crippen LogP) is 3.27. The van der Waals surface area contributed by atoms with Gasteiger partial charge in [0.2, 0.25) is 0 Å². The Hall–Kier alpha value is -2.55. The van der Waals surface area contributed by atoms with Crippen LogP contribution >= 0.6 is 0 Å². The number of amides is 1. The monoisotopic (exact) mass is 897 g/mol. The van der Waals surface area contributed by atoms with E-state index in [0.717, 1.165) is 5.56 Å². The van der Waals surface area contributed by atoms with Crippen molar-refractivity contribution >= 4 is 12.1 Å². The number of esters is 1. The Morgan fingerprint density at radius 2 is 1.71 bits per heavy atom. The van der Waals surface area contributed by atoms with Gasteiger partial charge < -0.3 is 63.8 Å². The van der Waals surface area contributed by atoms with Crippen molar-refractivity contribution in [3.63, 3.8) is 0 Å². The fourth-order valence-electron chi connectivity index (χ4n) is 9.95. The number of likely N-dealkylation sites (N-methyl/N-ethyl adjacent to an activating group) is 2. The summed E-state index contributed by atoms with van der Waals surface area (Å²) in [5.74, 6) is -2.82. The number of pyridine rings is 1. The molecular weight excluding hydrogens is 817 g/mol. The number of aliphatic hydroxyl groups is 4. The van der Waals surface area contributed by atoms with Gasteiger partial charge in [-0.1, -0.05) is 26.8 Å². The largest absolute Gasteiger partial charge is 0.459 e. The molecule has 17 heteroatoms. The molecule has 0 aliphatic carbocycles. The maximum atomic E-state index is 14.7. The van der Waals surface area contributed by atoms with E-state index < -0.39 is 102 Å². The van der Waals surface area contributed by atoms with Crippen molar-refractivity contribution in [3.05, 3.63) is 30.1 Å². The van der Waals surface area contributed by atoms with Crippen LogP contribution in [0.1, 0.15) is 100 Å². The molecule has 5 N–H and O–H groups in total. The SMILES string of the molecule is CC[C@H]1OC(=O)[C@H](C)[C@@H](O[C@H]2C[C@@](C)(OC)[C@@H](O)[C@H](C)O2)[C@H](C)[C@@H](O[C@@H]2O[C@H](C)C[C@H](N(C)C)[C@H]2O)[C@](C)(O)C[C@@H](C)CN(C)[C@H](C)[C@@H](OC(=O)NCCc2cccnc2)[C@]1(C)O. The molecule has 1 aromatic heterocycles. The first-order valence-electron chi connectivity index (χ1n) is 22.7. The number of aromatic nitrogens is 1. The summed E-state index contributed by atoms with van der Waals surface area (Å²) in [6.07, 6.45) is -5.53. The molecule has 1 aromatic rings. The van der Waals surface area contributed by atoms with Crippen LogP contribution in [0, 0.1) is 17.8 Å². The highest BCUT2D eigenvalue weighted by molar-refractivity contribution is 5.73. The van der Waals surface area contributed by atoms with Crippen LogP contribution in [0.5, 0.6) is 0 Å². The molecule has 0 spiro atoms. The number of aliphatic hydroxyl groups excluding tert-OH is 2. The summed E-state index contributed by atoms with van der Waals surface area (Å²) < 4.78 is 44.2. The zero-order chi connectivity index (χ0) is 47.2. The smallest absolute Gasteiger partial charge is 0.407 e. The minimum atomic E-state index is -1.90. The number of cyclic esters (lactones) is 1. The average molecular weight is 897 g/mol. The van der Waals surface area contributed by atoms with Gasteiger partial charge in [0.05, 0.1) is 41.5 Å². The lowest BCUT2D eigenvalue weighted by Crippen LogP contribution is -2.61. The molecule has 3 saturated heterocycles. The molecular formula is C46H80N4O13. The van der Waals surface area contributed by atoms with Crippen LogP contribution in [-0.2, 0) is 44.4 Å². The van der Waals surface area contributed by atoms with E-state index in [1.54, 1.807) is 47.0 Å².